The predicted octanol–water partition coefficient (Wildman–Crippen LogP) is 3.16. The van der Waals surface area contributed by atoms with Gasteiger partial charge < -0.3 is 14.3 Å². The first-order valence-electron chi connectivity index (χ1n) is 9.69. The van der Waals surface area contributed by atoms with Crippen molar-refractivity contribution in [1.82, 2.24) is 29.5 Å². The van der Waals surface area contributed by atoms with Crippen LogP contribution in [-0.2, 0) is 13.5 Å². The van der Waals surface area contributed by atoms with E-state index < -0.39 is 0 Å². The molecule has 0 aliphatic rings. The molecule has 8 heteroatoms. The molecular formula is C22H20N6O2. The largest absolute Gasteiger partial charge is 0.461 e. The Bertz CT molecular complexity index is 1360. The predicted molar refractivity (Wildman–Crippen MR) is 112 cm³/mol. The van der Waals surface area contributed by atoms with Gasteiger partial charge in [-0.05, 0) is 48.9 Å². The number of amides is 1. The van der Waals surface area contributed by atoms with Gasteiger partial charge in [-0.15, -0.1) is 10.2 Å². The van der Waals surface area contributed by atoms with Crippen LogP contribution in [0.3, 0.4) is 0 Å². The van der Waals surface area contributed by atoms with Crippen molar-refractivity contribution < 1.29 is 9.21 Å². The van der Waals surface area contributed by atoms with E-state index in [1.54, 1.807) is 28.9 Å². The van der Waals surface area contributed by atoms with E-state index in [4.69, 9.17) is 9.40 Å². The van der Waals surface area contributed by atoms with Crippen LogP contribution < -0.4 is 5.32 Å². The Kier molecular flexibility index (Phi) is 4.31. The SMILES string of the molecule is Cc1ccc2c(c1)nc(CCNC(=O)c1cccn3c(-c4ccco4)nnc13)n2C. The van der Waals surface area contributed by atoms with Crippen LogP contribution in [-0.4, -0.2) is 36.6 Å². The average Bonchev–Trinajstić information content (AvgIpc) is 3.47. The number of furan rings is 1. The molecule has 30 heavy (non-hydrogen) atoms. The van der Waals surface area contributed by atoms with Crippen molar-refractivity contribution in [2.75, 3.05) is 6.54 Å². The van der Waals surface area contributed by atoms with Gasteiger partial charge in [0, 0.05) is 26.2 Å². The summed E-state index contributed by atoms with van der Waals surface area (Å²) < 4.78 is 9.23. The second kappa shape index (κ2) is 7.14. The van der Waals surface area contributed by atoms with Crippen molar-refractivity contribution in [2.45, 2.75) is 13.3 Å². The molecule has 0 bridgehead atoms. The molecule has 0 saturated heterocycles. The number of rotatable bonds is 5. The zero-order valence-corrected chi connectivity index (χ0v) is 16.7. The van der Waals surface area contributed by atoms with E-state index >= 15 is 0 Å². The number of carbonyl (C=O) groups is 1. The first kappa shape index (κ1) is 18.1. The zero-order chi connectivity index (χ0) is 20.7. The minimum absolute atomic E-state index is 0.200. The molecule has 0 radical (unpaired) electrons. The third-order valence-corrected chi connectivity index (χ3v) is 5.18. The fraction of sp³-hybridized carbons (Fsp3) is 0.182. The van der Waals surface area contributed by atoms with Crippen molar-refractivity contribution in [1.29, 1.82) is 0 Å². The van der Waals surface area contributed by atoms with Crippen LogP contribution in [0.2, 0.25) is 0 Å². The summed E-state index contributed by atoms with van der Waals surface area (Å²) in [6, 6.07) is 13.3. The summed E-state index contributed by atoms with van der Waals surface area (Å²) in [6.07, 6.45) is 4.02. The van der Waals surface area contributed by atoms with E-state index in [-0.39, 0.29) is 5.91 Å². The fourth-order valence-electron chi connectivity index (χ4n) is 3.63. The molecule has 8 nitrogen and oxygen atoms in total. The number of benzene rings is 1. The lowest BCUT2D eigenvalue weighted by Gasteiger charge is -2.07. The molecule has 1 N–H and O–H groups in total. The normalized spacial score (nSPS) is 11.4. The second-order valence-electron chi connectivity index (χ2n) is 7.20. The lowest BCUT2D eigenvalue weighted by atomic mass is 10.2. The molecule has 0 spiro atoms. The molecule has 4 aromatic heterocycles. The van der Waals surface area contributed by atoms with Crippen molar-refractivity contribution >= 4 is 22.6 Å². The fourth-order valence-corrected chi connectivity index (χ4v) is 3.63. The topological polar surface area (TPSA) is 90.2 Å². The van der Waals surface area contributed by atoms with Gasteiger partial charge in [0.15, 0.2) is 11.4 Å². The van der Waals surface area contributed by atoms with Crippen molar-refractivity contribution in [3.05, 3.63) is 71.9 Å². The van der Waals surface area contributed by atoms with E-state index in [9.17, 15) is 4.79 Å². The Hall–Kier alpha value is -3.94. The quantitative estimate of drug-likeness (QED) is 0.489. The summed E-state index contributed by atoms with van der Waals surface area (Å²) in [6.45, 7) is 2.52. The van der Waals surface area contributed by atoms with Crippen LogP contribution in [0.4, 0.5) is 0 Å². The summed E-state index contributed by atoms with van der Waals surface area (Å²) in [5.74, 6) is 1.88. The minimum Gasteiger partial charge on any atom is -0.461 e. The molecule has 0 aliphatic heterocycles. The van der Waals surface area contributed by atoms with Crippen molar-refractivity contribution in [3.8, 4) is 11.6 Å². The van der Waals surface area contributed by atoms with E-state index in [0.717, 1.165) is 16.9 Å². The average molecular weight is 400 g/mol. The minimum atomic E-state index is -0.200. The molecule has 0 aliphatic carbocycles. The Balaban J connectivity index is 1.34. The van der Waals surface area contributed by atoms with Gasteiger partial charge in [0.2, 0.25) is 5.82 Å². The number of hydrogen-bond acceptors (Lipinski definition) is 5. The lowest BCUT2D eigenvalue weighted by molar-refractivity contribution is 0.0955. The summed E-state index contributed by atoms with van der Waals surface area (Å²) in [4.78, 5) is 17.5. The molecule has 0 fully saturated rings. The number of imidazole rings is 1. The molecule has 0 unspecified atom stereocenters. The third-order valence-electron chi connectivity index (χ3n) is 5.18. The number of nitrogens with one attached hydrogen (secondary N) is 1. The van der Waals surface area contributed by atoms with E-state index in [2.05, 4.69) is 45.2 Å². The smallest absolute Gasteiger partial charge is 0.255 e. The summed E-state index contributed by atoms with van der Waals surface area (Å²) in [5.41, 5.74) is 4.18. The maximum atomic E-state index is 12.8. The van der Waals surface area contributed by atoms with Gasteiger partial charge in [-0.3, -0.25) is 9.20 Å². The molecule has 150 valence electrons. The molecule has 0 saturated carbocycles. The Morgan fingerprint density at radius 2 is 2.07 bits per heavy atom. The maximum absolute atomic E-state index is 12.8. The van der Waals surface area contributed by atoms with Gasteiger partial charge >= 0.3 is 0 Å². The molecule has 0 atom stereocenters. The van der Waals surface area contributed by atoms with Crippen LogP contribution >= 0.6 is 0 Å². The standard InChI is InChI=1S/C22H20N6O2/c1-14-7-8-17-16(13-14)24-19(27(17)2)9-10-23-22(29)15-5-3-11-28-20(15)25-26-21(28)18-6-4-12-30-18/h3-8,11-13H,9-10H2,1-2H3,(H,23,29). The monoisotopic (exact) mass is 400 g/mol. The third kappa shape index (κ3) is 3.02. The van der Waals surface area contributed by atoms with E-state index in [1.807, 2.05) is 19.3 Å². The van der Waals surface area contributed by atoms with Crippen LogP contribution in [0.25, 0.3) is 28.3 Å². The number of nitrogens with zero attached hydrogens (tertiary/aromatic N) is 5. The van der Waals surface area contributed by atoms with E-state index in [0.29, 0.717) is 35.8 Å². The molecule has 5 aromatic rings. The second-order valence-corrected chi connectivity index (χ2v) is 7.20. The van der Waals surface area contributed by atoms with Crippen LogP contribution in [0, 0.1) is 6.92 Å². The van der Waals surface area contributed by atoms with Gasteiger partial charge in [-0.25, -0.2) is 4.98 Å². The first-order chi connectivity index (χ1) is 14.6. The van der Waals surface area contributed by atoms with Crippen LogP contribution in [0.15, 0.2) is 59.3 Å². The maximum Gasteiger partial charge on any atom is 0.255 e. The number of aryl methyl sites for hydroxylation is 2. The highest BCUT2D eigenvalue weighted by Crippen LogP contribution is 2.20. The first-order valence-corrected chi connectivity index (χ1v) is 9.69. The summed E-state index contributed by atoms with van der Waals surface area (Å²) >= 11 is 0. The molecular weight excluding hydrogens is 380 g/mol. The number of hydrogen-bond donors (Lipinski definition) is 1. The van der Waals surface area contributed by atoms with Crippen LogP contribution in [0.1, 0.15) is 21.7 Å². The van der Waals surface area contributed by atoms with Gasteiger partial charge in [0.05, 0.1) is 22.9 Å². The van der Waals surface area contributed by atoms with Crippen molar-refractivity contribution in [2.24, 2.45) is 7.05 Å². The molecule has 1 aromatic carbocycles. The summed E-state index contributed by atoms with van der Waals surface area (Å²) in [5, 5.41) is 11.3. The molecule has 4 heterocycles. The van der Waals surface area contributed by atoms with Gasteiger partial charge in [0.1, 0.15) is 5.82 Å². The zero-order valence-electron chi connectivity index (χ0n) is 16.7. The Labute approximate surface area is 172 Å². The molecule has 5 rings (SSSR count). The number of carbonyl (C=O) groups excluding carboxylic acids is 1. The van der Waals surface area contributed by atoms with Gasteiger partial charge in [-0.1, -0.05) is 6.07 Å². The highest BCUT2D eigenvalue weighted by atomic mass is 16.3. The lowest BCUT2D eigenvalue weighted by Crippen LogP contribution is -2.27. The Morgan fingerprint density at radius 3 is 2.90 bits per heavy atom. The van der Waals surface area contributed by atoms with Crippen LogP contribution in [0.5, 0.6) is 0 Å². The highest BCUT2D eigenvalue weighted by molar-refractivity contribution is 5.99. The number of pyridine rings is 1. The molecule has 1 amide bonds. The Morgan fingerprint density at radius 1 is 1.17 bits per heavy atom. The van der Waals surface area contributed by atoms with Gasteiger partial charge in [-0.2, -0.15) is 0 Å². The number of fused-ring (bicyclic) bond motifs is 2. The van der Waals surface area contributed by atoms with Crippen molar-refractivity contribution in [3.63, 3.8) is 0 Å². The summed E-state index contributed by atoms with van der Waals surface area (Å²) in [7, 11) is 1.99. The number of aromatic nitrogens is 5. The highest BCUT2D eigenvalue weighted by Gasteiger charge is 2.17. The van der Waals surface area contributed by atoms with Gasteiger partial charge in [0.25, 0.3) is 5.91 Å². The van der Waals surface area contributed by atoms with E-state index in [1.165, 1.54) is 5.56 Å².